The summed E-state index contributed by atoms with van der Waals surface area (Å²) in [5, 5.41) is 0. The first-order valence-electron chi connectivity index (χ1n) is 4.41. The maximum absolute atomic E-state index is 3.94. The normalized spacial score (nSPS) is 12.0. The van der Waals surface area contributed by atoms with Gasteiger partial charge in [-0.2, -0.15) is 0 Å². The van der Waals surface area contributed by atoms with Crippen LogP contribution in [0.5, 0.6) is 0 Å². The molecule has 0 aromatic carbocycles. The molecule has 1 radical (unpaired) electrons. The Morgan fingerprint density at radius 2 is 1.80 bits per heavy atom. The van der Waals surface area contributed by atoms with E-state index in [1.165, 1.54) is 25.7 Å². The summed E-state index contributed by atoms with van der Waals surface area (Å²) in [7, 11) is 0. The van der Waals surface area contributed by atoms with E-state index in [4.69, 9.17) is 0 Å². The third-order valence-electron chi connectivity index (χ3n) is 2.13. The lowest BCUT2D eigenvalue weighted by Gasteiger charge is -2.21. The molecule has 0 saturated heterocycles. The zero-order valence-corrected chi connectivity index (χ0v) is 7.74. The van der Waals surface area contributed by atoms with Crippen LogP contribution in [0.25, 0.3) is 0 Å². The summed E-state index contributed by atoms with van der Waals surface area (Å²) in [5.41, 5.74) is 0.481. The first-order valence-corrected chi connectivity index (χ1v) is 4.41. The van der Waals surface area contributed by atoms with Gasteiger partial charge in [-0.3, -0.25) is 0 Å². The van der Waals surface area contributed by atoms with E-state index >= 15 is 0 Å². The van der Waals surface area contributed by atoms with Gasteiger partial charge in [-0.1, -0.05) is 47.0 Å². The quantitative estimate of drug-likeness (QED) is 0.511. The summed E-state index contributed by atoms with van der Waals surface area (Å²) < 4.78 is 0. The van der Waals surface area contributed by atoms with Gasteiger partial charge in [-0.15, -0.1) is 0 Å². The maximum Gasteiger partial charge on any atom is -0.0354 e. The Hall–Kier alpha value is 0. The standard InChI is InChI=1S/C10H21/c1-5-7-8-9-10(3,4)6-2/h2,5-9H2,1,3-4H3. The highest BCUT2D eigenvalue weighted by molar-refractivity contribution is 4.68. The average molecular weight is 141 g/mol. The van der Waals surface area contributed by atoms with Crippen LogP contribution in [0.2, 0.25) is 0 Å². The summed E-state index contributed by atoms with van der Waals surface area (Å²) in [5.74, 6) is 0. The lowest BCUT2D eigenvalue weighted by Crippen LogP contribution is -2.08. The van der Waals surface area contributed by atoms with Crippen LogP contribution < -0.4 is 0 Å². The van der Waals surface area contributed by atoms with Crippen LogP contribution in [-0.2, 0) is 0 Å². The van der Waals surface area contributed by atoms with Crippen LogP contribution in [-0.4, -0.2) is 0 Å². The van der Waals surface area contributed by atoms with Crippen molar-refractivity contribution >= 4 is 0 Å². The van der Waals surface area contributed by atoms with Crippen molar-refractivity contribution in [2.24, 2.45) is 5.41 Å². The predicted octanol–water partition coefficient (Wildman–Crippen LogP) is 3.82. The molecule has 0 aliphatic heterocycles. The van der Waals surface area contributed by atoms with Gasteiger partial charge < -0.3 is 0 Å². The lowest BCUT2D eigenvalue weighted by atomic mass is 9.84. The molecule has 0 aliphatic rings. The molecule has 0 nitrogen and oxygen atoms in total. The molecular weight excluding hydrogens is 120 g/mol. The molecule has 0 heteroatoms. The second-order valence-electron chi connectivity index (χ2n) is 3.87. The van der Waals surface area contributed by atoms with E-state index in [1.807, 2.05) is 0 Å². The summed E-state index contributed by atoms with van der Waals surface area (Å²) in [4.78, 5) is 0. The number of unbranched alkanes of at least 4 members (excludes halogenated alkanes) is 2. The molecule has 0 spiro atoms. The molecule has 0 aliphatic carbocycles. The molecular formula is C10H21. The van der Waals surface area contributed by atoms with E-state index < -0.39 is 0 Å². The monoisotopic (exact) mass is 141 g/mol. The molecule has 0 fully saturated rings. The van der Waals surface area contributed by atoms with Crippen LogP contribution >= 0.6 is 0 Å². The highest BCUT2D eigenvalue weighted by Crippen LogP contribution is 2.26. The third kappa shape index (κ3) is 4.84. The van der Waals surface area contributed by atoms with E-state index in [9.17, 15) is 0 Å². The minimum absolute atomic E-state index is 0.481. The molecule has 0 aromatic rings. The van der Waals surface area contributed by atoms with Crippen molar-refractivity contribution in [3.8, 4) is 0 Å². The van der Waals surface area contributed by atoms with Gasteiger partial charge >= 0.3 is 0 Å². The second-order valence-corrected chi connectivity index (χ2v) is 3.87. The number of hydrogen-bond donors (Lipinski definition) is 0. The molecule has 61 valence electrons. The summed E-state index contributed by atoms with van der Waals surface area (Å²) >= 11 is 0. The smallest absolute Gasteiger partial charge is 0.0354 e. The first kappa shape index (κ1) is 10.0. The lowest BCUT2D eigenvalue weighted by molar-refractivity contribution is 0.323. The predicted molar refractivity (Wildman–Crippen MR) is 47.9 cm³/mol. The molecule has 0 bridgehead atoms. The molecule has 0 atom stereocenters. The van der Waals surface area contributed by atoms with E-state index in [0.717, 1.165) is 6.42 Å². The van der Waals surface area contributed by atoms with Gasteiger partial charge in [0.25, 0.3) is 0 Å². The van der Waals surface area contributed by atoms with E-state index in [1.54, 1.807) is 0 Å². The molecule has 0 aromatic heterocycles. The zero-order valence-electron chi connectivity index (χ0n) is 7.74. The Bertz CT molecular complexity index is 72.1. The SMILES string of the molecule is [CH2]CC(C)(C)CCCCC. The molecule has 0 heterocycles. The molecule has 0 saturated carbocycles. The summed E-state index contributed by atoms with van der Waals surface area (Å²) in [6.07, 6.45) is 6.48. The van der Waals surface area contributed by atoms with Crippen molar-refractivity contribution in [1.82, 2.24) is 0 Å². The van der Waals surface area contributed by atoms with Crippen LogP contribution in [0.4, 0.5) is 0 Å². The van der Waals surface area contributed by atoms with Gasteiger partial charge in [0.2, 0.25) is 0 Å². The highest BCUT2D eigenvalue weighted by atomic mass is 14.2. The van der Waals surface area contributed by atoms with E-state index in [2.05, 4.69) is 27.7 Å². The van der Waals surface area contributed by atoms with Gasteiger partial charge in [0.1, 0.15) is 0 Å². The van der Waals surface area contributed by atoms with Gasteiger partial charge in [0.15, 0.2) is 0 Å². The fourth-order valence-corrected chi connectivity index (χ4v) is 0.979. The fraction of sp³-hybridized carbons (Fsp3) is 0.900. The van der Waals surface area contributed by atoms with Crippen molar-refractivity contribution < 1.29 is 0 Å². The van der Waals surface area contributed by atoms with Crippen molar-refractivity contribution in [1.29, 1.82) is 0 Å². The highest BCUT2D eigenvalue weighted by Gasteiger charge is 2.13. The van der Waals surface area contributed by atoms with Crippen molar-refractivity contribution in [2.45, 2.75) is 52.9 Å². The largest absolute Gasteiger partial charge is 0.0654 e. The van der Waals surface area contributed by atoms with Gasteiger partial charge in [0, 0.05) is 0 Å². The van der Waals surface area contributed by atoms with Gasteiger partial charge in [-0.05, 0) is 18.3 Å². The Morgan fingerprint density at radius 1 is 1.20 bits per heavy atom. The number of rotatable bonds is 5. The van der Waals surface area contributed by atoms with Crippen LogP contribution in [0.3, 0.4) is 0 Å². The van der Waals surface area contributed by atoms with E-state index in [0.29, 0.717) is 5.41 Å². The Balaban J connectivity index is 3.28. The minimum Gasteiger partial charge on any atom is -0.0654 e. The summed E-state index contributed by atoms with van der Waals surface area (Å²) in [6.45, 7) is 10.8. The first-order chi connectivity index (χ1) is 4.62. The van der Waals surface area contributed by atoms with Crippen LogP contribution in [0.1, 0.15) is 52.9 Å². The third-order valence-corrected chi connectivity index (χ3v) is 2.13. The second kappa shape index (κ2) is 4.76. The Kier molecular flexibility index (Phi) is 4.76. The van der Waals surface area contributed by atoms with Gasteiger partial charge in [0.05, 0.1) is 0 Å². The van der Waals surface area contributed by atoms with E-state index in [-0.39, 0.29) is 0 Å². The topological polar surface area (TPSA) is 0 Å². The zero-order chi connectivity index (χ0) is 8.04. The molecule has 0 unspecified atom stereocenters. The van der Waals surface area contributed by atoms with Gasteiger partial charge in [-0.25, -0.2) is 0 Å². The Morgan fingerprint density at radius 3 is 2.20 bits per heavy atom. The molecule has 0 rings (SSSR count). The number of hydrogen-bond acceptors (Lipinski definition) is 0. The molecule has 10 heavy (non-hydrogen) atoms. The van der Waals surface area contributed by atoms with Crippen LogP contribution in [0, 0.1) is 12.3 Å². The maximum atomic E-state index is 3.94. The molecule has 0 amide bonds. The molecule has 0 N–H and O–H groups in total. The average Bonchev–Trinajstić information content (AvgIpc) is 1.89. The van der Waals surface area contributed by atoms with Crippen molar-refractivity contribution in [3.05, 3.63) is 6.92 Å². The summed E-state index contributed by atoms with van der Waals surface area (Å²) in [6, 6.07) is 0. The minimum atomic E-state index is 0.481. The fourth-order valence-electron chi connectivity index (χ4n) is 0.979. The Labute approximate surface area is 66.0 Å². The van der Waals surface area contributed by atoms with Crippen LogP contribution in [0.15, 0.2) is 0 Å². The van der Waals surface area contributed by atoms with Crippen molar-refractivity contribution in [2.75, 3.05) is 0 Å². The van der Waals surface area contributed by atoms with Crippen molar-refractivity contribution in [3.63, 3.8) is 0 Å².